The van der Waals surface area contributed by atoms with Gasteiger partial charge in [0.25, 0.3) is 0 Å². The lowest BCUT2D eigenvalue weighted by Crippen LogP contribution is -2.45. The van der Waals surface area contributed by atoms with Crippen LogP contribution < -0.4 is 4.74 Å². The van der Waals surface area contributed by atoms with E-state index in [4.69, 9.17) is 16.3 Å². The number of nitrogens with zero attached hydrogens (tertiary/aromatic N) is 1. The molecule has 0 fully saturated rings. The minimum absolute atomic E-state index is 0.0357. The molecule has 2 rings (SSSR count). The zero-order valence-corrected chi connectivity index (χ0v) is 12.0. The molecule has 3 nitrogen and oxygen atoms in total. The summed E-state index contributed by atoms with van der Waals surface area (Å²) in [7, 11) is 0. The quantitative estimate of drug-likeness (QED) is 0.798. The van der Waals surface area contributed by atoms with E-state index < -0.39 is 24.5 Å². The summed E-state index contributed by atoms with van der Waals surface area (Å²) >= 11 is 5.50. The number of fused-ring (bicyclic) bond motifs is 1. The van der Waals surface area contributed by atoms with Gasteiger partial charge in [-0.15, -0.1) is 11.6 Å². The predicted molar refractivity (Wildman–Crippen MR) is 72.5 cm³/mol. The number of alkyl halides is 4. The maximum absolute atomic E-state index is 12.5. The Hall–Kier alpha value is -1.43. The molecule has 0 spiro atoms. The second-order valence-electron chi connectivity index (χ2n) is 4.88. The third-order valence-electron chi connectivity index (χ3n) is 3.26. The lowest BCUT2D eigenvalue weighted by molar-refractivity contribution is -0.164. The normalized spacial score (nSPS) is 17.8. The van der Waals surface area contributed by atoms with Gasteiger partial charge in [0.1, 0.15) is 18.9 Å². The highest BCUT2D eigenvalue weighted by atomic mass is 35.5. The summed E-state index contributed by atoms with van der Waals surface area (Å²) in [4.78, 5) is 13.0. The second kappa shape index (κ2) is 6.56. The van der Waals surface area contributed by atoms with E-state index in [-0.39, 0.29) is 19.0 Å². The van der Waals surface area contributed by atoms with Gasteiger partial charge in [-0.3, -0.25) is 4.79 Å². The molecule has 1 atom stereocenters. The highest BCUT2D eigenvalue weighted by Crippen LogP contribution is 2.28. The first kappa shape index (κ1) is 15.9. The van der Waals surface area contributed by atoms with Crippen molar-refractivity contribution in [3.63, 3.8) is 0 Å². The van der Waals surface area contributed by atoms with E-state index in [1.165, 1.54) is 0 Å². The van der Waals surface area contributed by atoms with E-state index in [1.807, 2.05) is 12.1 Å². The number of hydrogen-bond acceptors (Lipinski definition) is 2. The molecule has 0 aromatic heterocycles. The number of amides is 1. The Kier molecular flexibility index (Phi) is 4.98. The van der Waals surface area contributed by atoms with Crippen LogP contribution in [0.1, 0.15) is 5.56 Å². The highest BCUT2D eigenvalue weighted by molar-refractivity contribution is 6.18. The molecule has 1 aliphatic heterocycles. The third-order valence-corrected chi connectivity index (χ3v) is 3.43. The van der Waals surface area contributed by atoms with Crippen molar-refractivity contribution in [1.29, 1.82) is 0 Å². The van der Waals surface area contributed by atoms with Crippen molar-refractivity contribution in [2.75, 3.05) is 25.6 Å². The van der Waals surface area contributed by atoms with Crippen LogP contribution in [0.5, 0.6) is 5.75 Å². The largest absolute Gasteiger partial charge is 0.492 e. The molecule has 1 heterocycles. The van der Waals surface area contributed by atoms with Crippen LogP contribution in [-0.4, -0.2) is 42.6 Å². The Bertz CT molecular complexity index is 507. The topological polar surface area (TPSA) is 29.5 Å². The number of hydrogen-bond donors (Lipinski definition) is 0. The molecule has 1 aliphatic rings. The van der Waals surface area contributed by atoms with Gasteiger partial charge in [-0.1, -0.05) is 18.2 Å². The monoisotopic (exact) mass is 321 g/mol. The summed E-state index contributed by atoms with van der Waals surface area (Å²) in [5.41, 5.74) is 0.833. The fraction of sp³-hybridized carbons (Fsp3) is 0.500. The van der Waals surface area contributed by atoms with Crippen LogP contribution in [0.15, 0.2) is 24.3 Å². The summed E-state index contributed by atoms with van der Waals surface area (Å²) in [5, 5.41) is 0. The number of benzene rings is 1. The fourth-order valence-electron chi connectivity index (χ4n) is 2.33. The highest BCUT2D eigenvalue weighted by Gasteiger charge is 2.36. The number of rotatable bonds is 4. The Morgan fingerprint density at radius 1 is 1.38 bits per heavy atom. The average Bonchev–Trinajstić information content (AvgIpc) is 2.44. The van der Waals surface area contributed by atoms with Gasteiger partial charge in [-0.2, -0.15) is 13.2 Å². The van der Waals surface area contributed by atoms with Gasteiger partial charge in [0, 0.05) is 12.4 Å². The zero-order chi connectivity index (χ0) is 15.5. The van der Waals surface area contributed by atoms with Crippen LogP contribution in [0.25, 0.3) is 0 Å². The summed E-state index contributed by atoms with van der Waals surface area (Å²) in [6, 6.07) is 7.21. The Morgan fingerprint density at radius 2 is 2.10 bits per heavy atom. The fourth-order valence-corrected chi connectivity index (χ4v) is 2.53. The van der Waals surface area contributed by atoms with Crippen molar-refractivity contribution in [3.8, 4) is 5.75 Å². The molecule has 21 heavy (non-hydrogen) atoms. The molecule has 0 N–H and O–H groups in total. The van der Waals surface area contributed by atoms with Gasteiger partial charge >= 0.3 is 6.18 Å². The van der Waals surface area contributed by atoms with Crippen molar-refractivity contribution >= 4 is 17.5 Å². The van der Waals surface area contributed by atoms with Crippen LogP contribution >= 0.6 is 11.6 Å². The molecule has 7 heteroatoms. The smallest absolute Gasteiger partial charge is 0.406 e. The number of ether oxygens (including phenoxy) is 1. The predicted octanol–water partition coefficient (Wildman–Crippen LogP) is 2.87. The van der Waals surface area contributed by atoms with Crippen molar-refractivity contribution in [1.82, 2.24) is 4.90 Å². The van der Waals surface area contributed by atoms with Gasteiger partial charge in [0.2, 0.25) is 5.91 Å². The molecule has 0 saturated heterocycles. The van der Waals surface area contributed by atoms with Crippen molar-refractivity contribution in [3.05, 3.63) is 29.8 Å². The molecule has 0 bridgehead atoms. The van der Waals surface area contributed by atoms with Gasteiger partial charge in [-0.05, 0) is 18.1 Å². The molecule has 1 unspecified atom stereocenters. The summed E-state index contributed by atoms with van der Waals surface area (Å²) in [6.45, 7) is -1.32. The first-order chi connectivity index (χ1) is 9.90. The molecular weight excluding hydrogens is 307 g/mol. The molecule has 1 aromatic rings. The lowest BCUT2D eigenvalue weighted by Gasteiger charge is -2.30. The first-order valence-corrected chi connectivity index (χ1v) is 7.06. The van der Waals surface area contributed by atoms with Crippen LogP contribution in [0.2, 0.25) is 0 Å². The third kappa shape index (κ3) is 4.27. The number of carbonyl (C=O) groups excluding carboxylic acids is 1. The Morgan fingerprint density at radius 3 is 2.76 bits per heavy atom. The lowest BCUT2D eigenvalue weighted by atomic mass is 9.95. The van der Waals surface area contributed by atoms with Gasteiger partial charge < -0.3 is 9.64 Å². The van der Waals surface area contributed by atoms with E-state index >= 15 is 0 Å². The maximum Gasteiger partial charge on any atom is 0.406 e. The Labute approximate surface area is 125 Å². The number of para-hydroxylation sites is 1. The van der Waals surface area contributed by atoms with Crippen LogP contribution in [0.3, 0.4) is 0 Å². The molecular formula is C14H15ClF3NO2. The minimum atomic E-state index is -4.44. The van der Waals surface area contributed by atoms with Gasteiger partial charge in [0.05, 0.1) is 5.92 Å². The van der Waals surface area contributed by atoms with Gasteiger partial charge in [0.15, 0.2) is 0 Å². The van der Waals surface area contributed by atoms with Gasteiger partial charge in [-0.25, -0.2) is 0 Å². The van der Waals surface area contributed by atoms with Crippen molar-refractivity contribution in [2.24, 2.45) is 5.92 Å². The molecule has 0 radical (unpaired) electrons. The maximum atomic E-state index is 12.5. The first-order valence-electron chi connectivity index (χ1n) is 6.53. The summed E-state index contributed by atoms with van der Waals surface area (Å²) in [5.74, 6) is -0.527. The minimum Gasteiger partial charge on any atom is -0.492 e. The molecule has 0 aliphatic carbocycles. The standard InChI is InChI=1S/C14H15ClF3NO2/c15-5-6-19(9-14(16,17)18)13(20)11-7-10-3-1-2-4-12(10)21-8-11/h1-4,11H,5-9H2. The number of carbonyl (C=O) groups is 1. The average molecular weight is 322 g/mol. The molecule has 0 saturated carbocycles. The zero-order valence-electron chi connectivity index (χ0n) is 11.2. The van der Waals surface area contributed by atoms with E-state index in [1.54, 1.807) is 12.1 Å². The van der Waals surface area contributed by atoms with Crippen LogP contribution in [0.4, 0.5) is 13.2 Å². The van der Waals surface area contributed by atoms with Crippen LogP contribution in [0, 0.1) is 5.92 Å². The Balaban J connectivity index is 2.08. The van der Waals surface area contributed by atoms with E-state index in [9.17, 15) is 18.0 Å². The molecule has 116 valence electrons. The molecule has 1 amide bonds. The van der Waals surface area contributed by atoms with E-state index in [0.29, 0.717) is 12.2 Å². The summed E-state index contributed by atoms with van der Waals surface area (Å²) < 4.78 is 43.0. The van der Waals surface area contributed by atoms with E-state index in [2.05, 4.69) is 0 Å². The SMILES string of the molecule is O=C(C1COc2ccccc2C1)N(CCCl)CC(F)(F)F. The van der Waals surface area contributed by atoms with Crippen molar-refractivity contribution in [2.45, 2.75) is 12.6 Å². The second-order valence-corrected chi connectivity index (χ2v) is 5.26. The van der Waals surface area contributed by atoms with Crippen molar-refractivity contribution < 1.29 is 22.7 Å². The number of halogens is 4. The van der Waals surface area contributed by atoms with E-state index in [0.717, 1.165) is 10.5 Å². The molecule has 1 aromatic carbocycles. The summed E-state index contributed by atoms with van der Waals surface area (Å²) in [6.07, 6.45) is -4.05. The van der Waals surface area contributed by atoms with Crippen LogP contribution in [-0.2, 0) is 11.2 Å².